The van der Waals surface area contributed by atoms with Crippen molar-refractivity contribution in [2.75, 3.05) is 12.4 Å². The number of nitrogens with one attached hydrogen (secondary N) is 1. The molecule has 0 amide bonds. The predicted octanol–water partition coefficient (Wildman–Crippen LogP) is 5.21. The van der Waals surface area contributed by atoms with Gasteiger partial charge in [-0.25, -0.2) is 4.79 Å². The number of fused-ring (bicyclic) bond motifs is 1. The molecule has 6 heteroatoms. The molecule has 0 heterocycles. The van der Waals surface area contributed by atoms with Crippen molar-refractivity contribution in [2.24, 2.45) is 0 Å². The minimum atomic E-state index is -4.39. The van der Waals surface area contributed by atoms with Crippen LogP contribution in [0.4, 0.5) is 18.9 Å². The number of ether oxygens (including phenoxy) is 1. The second kappa shape index (κ2) is 6.86. The van der Waals surface area contributed by atoms with E-state index in [-0.39, 0.29) is 5.92 Å². The van der Waals surface area contributed by atoms with Crippen molar-refractivity contribution >= 4 is 17.4 Å². The van der Waals surface area contributed by atoms with Crippen LogP contribution in [0.1, 0.15) is 36.0 Å². The van der Waals surface area contributed by atoms with E-state index in [0.29, 0.717) is 23.4 Å². The molecule has 0 bridgehead atoms. The monoisotopic (exact) mass is 361 g/mol. The molecule has 0 aliphatic heterocycles. The highest BCUT2D eigenvalue weighted by molar-refractivity contribution is 6.01. The van der Waals surface area contributed by atoms with Crippen molar-refractivity contribution < 1.29 is 22.7 Å². The van der Waals surface area contributed by atoms with Gasteiger partial charge in [0.2, 0.25) is 0 Å². The molecule has 0 spiro atoms. The van der Waals surface area contributed by atoms with E-state index in [1.807, 2.05) is 31.2 Å². The first-order valence-corrected chi connectivity index (χ1v) is 8.16. The second-order valence-corrected chi connectivity index (χ2v) is 6.24. The van der Waals surface area contributed by atoms with Gasteiger partial charge in [-0.2, -0.15) is 13.2 Å². The van der Waals surface area contributed by atoms with Crippen molar-refractivity contribution in [3.63, 3.8) is 0 Å². The number of carbonyl (C=O) groups is 1. The molecule has 2 aromatic carbocycles. The number of halogens is 3. The van der Waals surface area contributed by atoms with Crippen LogP contribution in [0.15, 0.2) is 54.1 Å². The Morgan fingerprint density at radius 1 is 1.12 bits per heavy atom. The molecule has 0 saturated heterocycles. The maximum atomic E-state index is 12.7. The molecule has 0 aromatic heterocycles. The molecular formula is C20H18F3NO2. The lowest BCUT2D eigenvalue weighted by atomic mass is 9.82. The molecule has 0 fully saturated rings. The van der Waals surface area contributed by atoms with E-state index in [9.17, 15) is 18.0 Å². The number of anilines is 1. The topological polar surface area (TPSA) is 38.3 Å². The zero-order chi connectivity index (χ0) is 18.9. The highest BCUT2D eigenvalue weighted by Gasteiger charge is 2.31. The number of hydrogen-bond donors (Lipinski definition) is 1. The van der Waals surface area contributed by atoms with E-state index < -0.39 is 17.7 Å². The quantitative estimate of drug-likeness (QED) is 0.763. The molecule has 1 atom stereocenters. The lowest BCUT2D eigenvalue weighted by Gasteiger charge is -2.27. The largest absolute Gasteiger partial charge is 0.466 e. The Morgan fingerprint density at radius 3 is 2.38 bits per heavy atom. The van der Waals surface area contributed by atoms with E-state index in [1.165, 1.54) is 19.2 Å². The van der Waals surface area contributed by atoms with Gasteiger partial charge in [-0.05, 0) is 42.2 Å². The van der Waals surface area contributed by atoms with Crippen molar-refractivity contribution in [1.29, 1.82) is 0 Å². The summed E-state index contributed by atoms with van der Waals surface area (Å²) in [6.45, 7) is 2.02. The summed E-state index contributed by atoms with van der Waals surface area (Å²) in [5.41, 5.74) is 2.74. The number of hydrogen-bond acceptors (Lipinski definition) is 3. The van der Waals surface area contributed by atoms with E-state index >= 15 is 0 Å². The first-order chi connectivity index (χ1) is 12.3. The van der Waals surface area contributed by atoms with Crippen LogP contribution >= 0.6 is 0 Å². The van der Waals surface area contributed by atoms with Gasteiger partial charge < -0.3 is 10.1 Å². The first-order valence-electron chi connectivity index (χ1n) is 8.16. The number of alkyl halides is 3. The summed E-state index contributed by atoms with van der Waals surface area (Å²) in [5, 5.41) is 3.11. The summed E-state index contributed by atoms with van der Waals surface area (Å²) < 4.78 is 43.1. The average Bonchev–Trinajstić information content (AvgIpc) is 2.63. The van der Waals surface area contributed by atoms with Crippen molar-refractivity contribution in [3.05, 3.63) is 70.8 Å². The Morgan fingerprint density at radius 2 is 1.77 bits per heavy atom. The standard InChI is InChI=1S/C20H18F3NO2/c1-12-11-17(19(25)26-2)18(16-6-4-3-5-15(12)16)24-14-9-7-13(8-10-14)20(21,22)23/h3-10,12,24H,11H2,1-2H3. The highest BCUT2D eigenvalue weighted by Crippen LogP contribution is 2.39. The summed E-state index contributed by atoms with van der Waals surface area (Å²) in [6, 6.07) is 12.4. The normalized spacial score (nSPS) is 16.9. The zero-order valence-electron chi connectivity index (χ0n) is 14.4. The summed E-state index contributed by atoms with van der Waals surface area (Å²) in [5.74, 6) is -0.306. The van der Waals surface area contributed by atoms with Crippen molar-refractivity contribution in [2.45, 2.75) is 25.4 Å². The van der Waals surface area contributed by atoms with Crippen LogP contribution in [0.5, 0.6) is 0 Å². The van der Waals surface area contributed by atoms with Crippen molar-refractivity contribution in [1.82, 2.24) is 0 Å². The molecule has 136 valence electrons. The Bertz CT molecular complexity index is 854. The van der Waals surface area contributed by atoms with Gasteiger partial charge in [-0.1, -0.05) is 31.2 Å². The van der Waals surface area contributed by atoms with Gasteiger partial charge in [-0.15, -0.1) is 0 Å². The smallest absolute Gasteiger partial charge is 0.416 e. The molecule has 0 saturated carbocycles. The van der Waals surface area contributed by atoms with Gasteiger partial charge in [0, 0.05) is 11.3 Å². The minimum absolute atomic E-state index is 0.137. The molecule has 1 aliphatic carbocycles. The molecule has 2 aromatic rings. The SMILES string of the molecule is COC(=O)C1=C(Nc2ccc(C(F)(F)F)cc2)c2ccccc2C(C)C1. The summed E-state index contributed by atoms with van der Waals surface area (Å²) in [7, 11) is 1.32. The lowest BCUT2D eigenvalue weighted by molar-refractivity contribution is -0.138. The van der Waals surface area contributed by atoms with Crippen LogP contribution in [-0.4, -0.2) is 13.1 Å². The maximum Gasteiger partial charge on any atom is 0.416 e. The third-order valence-corrected chi connectivity index (χ3v) is 4.49. The van der Waals surface area contributed by atoms with Gasteiger partial charge in [0.1, 0.15) is 0 Å². The van der Waals surface area contributed by atoms with Crippen LogP contribution in [-0.2, 0) is 15.7 Å². The molecule has 3 nitrogen and oxygen atoms in total. The fourth-order valence-corrected chi connectivity index (χ4v) is 3.17. The third kappa shape index (κ3) is 3.45. The average molecular weight is 361 g/mol. The van der Waals surface area contributed by atoms with Crippen LogP contribution in [0.3, 0.4) is 0 Å². The van der Waals surface area contributed by atoms with E-state index in [0.717, 1.165) is 23.3 Å². The molecule has 3 rings (SSSR count). The van der Waals surface area contributed by atoms with E-state index in [1.54, 1.807) is 0 Å². The molecule has 1 unspecified atom stereocenters. The van der Waals surface area contributed by atoms with Gasteiger partial charge in [0.25, 0.3) is 0 Å². The molecule has 1 aliphatic rings. The summed E-state index contributed by atoms with van der Waals surface area (Å²) in [4.78, 5) is 12.2. The van der Waals surface area contributed by atoms with E-state index in [4.69, 9.17) is 4.74 Å². The molecule has 0 radical (unpaired) electrons. The van der Waals surface area contributed by atoms with Crippen LogP contribution in [0.25, 0.3) is 5.70 Å². The fourth-order valence-electron chi connectivity index (χ4n) is 3.17. The lowest BCUT2D eigenvalue weighted by Crippen LogP contribution is -2.19. The Kier molecular flexibility index (Phi) is 4.76. The Hall–Kier alpha value is -2.76. The van der Waals surface area contributed by atoms with Crippen LogP contribution in [0.2, 0.25) is 0 Å². The number of methoxy groups -OCH3 is 1. The van der Waals surface area contributed by atoms with Crippen LogP contribution in [0, 0.1) is 0 Å². The summed E-state index contributed by atoms with van der Waals surface area (Å²) >= 11 is 0. The number of rotatable bonds is 3. The molecular weight excluding hydrogens is 343 g/mol. The Labute approximate surface area is 149 Å². The third-order valence-electron chi connectivity index (χ3n) is 4.49. The van der Waals surface area contributed by atoms with Gasteiger partial charge in [-0.3, -0.25) is 0 Å². The first kappa shape index (κ1) is 18.0. The second-order valence-electron chi connectivity index (χ2n) is 6.24. The number of benzene rings is 2. The highest BCUT2D eigenvalue weighted by atomic mass is 19.4. The van der Waals surface area contributed by atoms with Gasteiger partial charge >= 0.3 is 12.1 Å². The fraction of sp³-hybridized carbons (Fsp3) is 0.250. The molecule has 1 N–H and O–H groups in total. The molecule has 26 heavy (non-hydrogen) atoms. The maximum absolute atomic E-state index is 12.7. The zero-order valence-corrected chi connectivity index (χ0v) is 14.4. The van der Waals surface area contributed by atoms with Gasteiger partial charge in [0.15, 0.2) is 0 Å². The minimum Gasteiger partial charge on any atom is -0.466 e. The van der Waals surface area contributed by atoms with Crippen LogP contribution < -0.4 is 5.32 Å². The number of carbonyl (C=O) groups excluding carboxylic acids is 1. The summed E-state index contributed by atoms with van der Waals surface area (Å²) in [6.07, 6.45) is -3.89. The van der Waals surface area contributed by atoms with E-state index in [2.05, 4.69) is 5.32 Å². The Balaban J connectivity index is 2.03. The van der Waals surface area contributed by atoms with Crippen molar-refractivity contribution in [3.8, 4) is 0 Å². The van der Waals surface area contributed by atoms with Gasteiger partial charge in [0.05, 0.1) is 23.9 Å². The predicted molar refractivity (Wildman–Crippen MR) is 93.5 cm³/mol. The number of esters is 1.